The van der Waals surface area contributed by atoms with Gasteiger partial charge in [-0.3, -0.25) is 0 Å². The Labute approximate surface area is 164 Å². The second-order valence-electron chi connectivity index (χ2n) is 7.24. The number of aromatic nitrogens is 4. The zero-order valence-corrected chi connectivity index (χ0v) is 16.7. The first kappa shape index (κ1) is 19.8. The van der Waals surface area contributed by atoms with Crippen molar-refractivity contribution in [2.45, 2.75) is 39.3 Å². The molecule has 3 rings (SSSR count). The molecule has 3 heterocycles. The predicted molar refractivity (Wildman–Crippen MR) is 110 cm³/mol. The van der Waals surface area contributed by atoms with Crippen LogP contribution in [0.2, 0.25) is 0 Å². The van der Waals surface area contributed by atoms with E-state index in [-0.39, 0.29) is 5.95 Å². The van der Waals surface area contributed by atoms with Crippen LogP contribution in [-0.4, -0.2) is 43.9 Å². The summed E-state index contributed by atoms with van der Waals surface area (Å²) in [7, 11) is 1.70. The lowest BCUT2D eigenvalue weighted by molar-refractivity contribution is 0.143. The molecule has 0 aromatic carbocycles. The average molecular weight is 379 g/mol. The van der Waals surface area contributed by atoms with Gasteiger partial charge in [0.05, 0.1) is 17.4 Å². The maximum atomic E-state index is 9.87. The third-order valence-electron chi connectivity index (χ3n) is 4.26. The van der Waals surface area contributed by atoms with Gasteiger partial charge in [0.25, 0.3) is 0 Å². The fourth-order valence-corrected chi connectivity index (χ4v) is 2.95. The van der Waals surface area contributed by atoms with E-state index in [1.54, 1.807) is 33.4 Å². The van der Waals surface area contributed by atoms with Gasteiger partial charge in [0.2, 0.25) is 5.95 Å². The van der Waals surface area contributed by atoms with Gasteiger partial charge in [-0.1, -0.05) is 5.92 Å². The summed E-state index contributed by atoms with van der Waals surface area (Å²) < 4.78 is 7.32. The molecule has 0 unspecified atom stereocenters. The van der Waals surface area contributed by atoms with E-state index in [9.17, 15) is 5.11 Å². The molecular formula is C21H25N5O2. The Kier molecular flexibility index (Phi) is 5.63. The third kappa shape index (κ3) is 4.47. The van der Waals surface area contributed by atoms with E-state index >= 15 is 0 Å². The zero-order valence-electron chi connectivity index (χ0n) is 16.7. The SMILES string of the molecule is COCCCn1cc(-c2nc(N)ncc2C)c2cc(C#CC(C)(C)O)ncc21. The van der Waals surface area contributed by atoms with Crippen LogP contribution >= 0.6 is 0 Å². The molecule has 0 aliphatic heterocycles. The third-order valence-corrected chi connectivity index (χ3v) is 4.26. The fraction of sp³-hybridized carbons (Fsp3) is 0.381. The minimum Gasteiger partial charge on any atom is -0.385 e. The minimum atomic E-state index is -1.08. The van der Waals surface area contributed by atoms with E-state index in [4.69, 9.17) is 10.5 Å². The Hall–Kier alpha value is -2.95. The van der Waals surface area contributed by atoms with Crippen LogP contribution in [0, 0.1) is 18.8 Å². The van der Waals surface area contributed by atoms with Crippen molar-refractivity contribution < 1.29 is 9.84 Å². The molecule has 0 spiro atoms. The van der Waals surface area contributed by atoms with Gasteiger partial charge in [-0.05, 0) is 44.7 Å². The Balaban J connectivity index is 2.16. The molecule has 0 saturated carbocycles. The lowest BCUT2D eigenvalue weighted by Gasteiger charge is -2.06. The summed E-state index contributed by atoms with van der Waals surface area (Å²) in [6.45, 7) is 6.71. The number of rotatable bonds is 5. The van der Waals surface area contributed by atoms with Gasteiger partial charge in [0.1, 0.15) is 11.3 Å². The number of pyridine rings is 1. The molecule has 7 heteroatoms. The number of hydrogen-bond acceptors (Lipinski definition) is 6. The molecule has 0 radical (unpaired) electrons. The van der Waals surface area contributed by atoms with Crippen LogP contribution in [0.5, 0.6) is 0 Å². The number of ether oxygens (including phenoxy) is 1. The van der Waals surface area contributed by atoms with Crippen LogP contribution in [0.15, 0.2) is 24.7 Å². The number of nitrogens with zero attached hydrogens (tertiary/aromatic N) is 4. The van der Waals surface area contributed by atoms with Crippen molar-refractivity contribution in [1.82, 2.24) is 19.5 Å². The van der Waals surface area contributed by atoms with Crippen LogP contribution in [0.1, 0.15) is 31.5 Å². The second-order valence-corrected chi connectivity index (χ2v) is 7.24. The van der Waals surface area contributed by atoms with Crippen molar-refractivity contribution in [2.75, 3.05) is 19.5 Å². The number of nitrogens with two attached hydrogens (primary N) is 1. The highest BCUT2D eigenvalue weighted by molar-refractivity contribution is 5.96. The monoisotopic (exact) mass is 379 g/mol. The van der Waals surface area contributed by atoms with Crippen molar-refractivity contribution in [3.8, 4) is 23.1 Å². The van der Waals surface area contributed by atoms with Crippen molar-refractivity contribution >= 4 is 16.9 Å². The smallest absolute Gasteiger partial charge is 0.220 e. The highest BCUT2D eigenvalue weighted by Gasteiger charge is 2.15. The van der Waals surface area contributed by atoms with Gasteiger partial charge in [-0.2, -0.15) is 0 Å². The van der Waals surface area contributed by atoms with E-state index in [2.05, 4.69) is 37.6 Å². The number of fused-ring (bicyclic) bond motifs is 1. The van der Waals surface area contributed by atoms with E-state index < -0.39 is 5.60 Å². The largest absolute Gasteiger partial charge is 0.385 e. The second kappa shape index (κ2) is 7.97. The Morgan fingerprint density at radius 3 is 2.79 bits per heavy atom. The molecule has 146 valence electrons. The van der Waals surface area contributed by atoms with Crippen LogP contribution in [0.4, 0.5) is 5.95 Å². The maximum absolute atomic E-state index is 9.87. The highest BCUT2D eigenvalue weighted by Crippen LogP contribution is 2.32. The molecule has 3 aromatic heterocycles. The standard InChI is InChI=1S/C21H25N5O2/c1-14-11-24-20(22)25-19(14)17-13-26(8-5-9-28-4)18-12-23-15(10-16(17)18)6-7-21(2,3)27/h10-13,27H,5,8-9H2,1-4H3,(H2,22,24,25). The van der Waals surface area contributed by atoms with Crippen molar-refractivity contribution in [3.63, 3.8) is 0 Å². The summed E-state index contributed by atoms with van der Waals surface area (Å²) in [4.78, 5) is 13.0. The Morgan fingerprint density at radius 2 is 2.07 bits per heavy atom. The molecule has 0 saturated heterocycles. The van der Waals surface area contributed by atoms with E-state index in [1.165, 1.54) is 0 Å². The van der Waals surface area contributed by atoms with Crippen LogP contribution in [-0.2, 0) is 11.3 Å². The molecule has 0 aliphatic carbocycles. The maximum Gasteiger partial charge on any atom is 0.220 e. The number of nitrogen functional groups attached to an aromatic ring is 1. The number of methoxy groups -OCH3 is 1. The summed E-state index contributed by atoms with van der Waals surface area (Å²) in [6, 6.07) is 1.92. The van der Waals surface area contributed by atoms with E-state index in [1.807, 2.05) is 13.0 Å². The number of aryl methyl sites for hydroxylation is 2. The number of aliphatic hydroxyl groups is 1. The minimum absolute atomic E-state index is 0.233. The molecule has 0 amide bonds. The molecule has 0 atom stereocenters. The quantitative estimate of drug-likeness (QED) is 0.522. The molecule has 7 nitrogen and oxygen atoms in total. The molecule has 3 N–H and O–H groups in total. The molecular weight excluding hydrogens is 354 g/mol. The summed E-state index contributed by atoms with van der Waals surface area (Å²) >= 11 is 0. The van der Waals surface area contributed by atoms with Crippen molar-refractivity contribution in [3.05, 3.63) is 35.9 Å². The van der Waals surface area contributed by atoms with Gasteiger partial charge in [-0.15, -0.1) is 0 Å². The summed E-state index contributed by atoms with van der Waals surface area (Å²) in [5, 5.41) is 10.8. The van der Waals surface area contributed by atoms with Gasteiger partial charge >= 0.3 is 0 Å². The molecule has 28 heavy (non-hydrogen) atoms. The van der Waals surface area contributed by atoms with E-state index in [0.29, 0.717) is 12.3 Å². The Bertz CT molecular complexity index is 1050. The van der Waals surface area contributed by atoms with Gasteiger partial charge < -0.3 is 20.1 Å². The van der Waals surface area contributed by atoms with Crippen molar-refractivity contribution in [1.29, 1.82) is 0 Å². The first-order valence-corrected chi connectivity index (χ1v) is 9.11. The lowest BCUT2D eigenvalue weighted by atomic mass is 10.1. The first-order chi connectivity index (χ1) is 13.3. The van der Waals surface area contributed by atoms with Gasteiger partial charge in [-0.25, -0.2) is 15.0 Å². The Morgan fingerprint density at radius 1 is 1.29 bits per heavy atom. The lowest BCUT2D eigenvalue weighted by Crippen LogP contribution is -2.14. The van der Waals surface area contributed by atoms with Gasteiger partial charge in [0.15, 0.2) is 0 Å². The van der Waals surface area contributed by atoms with Crippen LogP contribution in [0.3, 0.4) is 0 Å². The molecule has 0 fully saturated rings. The van der Waals surface area contributed by atoms with Gasteiger partial charge in [0, 0.05) is 43.6 Å². The topological polar surface area (TPSA) is 99.1 Å². The van der Waals surface area contributed by atoms with Crippen LogP contribution < -0.4 is 5.73 Å². The number of hydrogen-bond donors (Lipinski definition) is 2. The zero-order chi connectivity index (χ0) is 20.3. The summed E-state index contributed by atoms with van der Waals surface area (Å²) in [6.07, 6.45) is 6.47. The van der Waals surface area contributed by atoms with Crippen LogP contribution in [0.25, 0.3) is 22.2 Å². The predicted octanol–water partition coefficient (Wildman–Crippen LogP) is 2.54. The molecule has 0 aliphatic rings. The normalized spacial score (nSPS) is 11.5. The first-order valence-electron chi connectivity index (χ1n) is 9.11. The molecule has 3 aromatic rings. The number of anilines is 1. The summed E-state index contributed by atoms with van der Waals surface area (Å²) in [5.41, 5.74) is 9.00. The van der Waals surface area contributed by atoms with E-state index in [0.717, 1.165) is 40.7 Å². The molecule has 0 bridgehead atoms. The highest BCUT2D eigenvalue weighted by atomic mass is 16.5. The summed E-state index contributed by atoms with van der Waals surface area (Å²) in [5.74, 6) is 5.98. The average Bonchev–Trinajstić information content (AvgIpc) is 2.99. The van der Waals surface area contributed by atoms with Crippen molar-refractivity contribution in [2.24, 2.45) is 0 Å². The fourth-order valence-electron chi connectivity index (χ4n) is 2.95.